The number of halogens is 2. The van der Waals surface area contributed by atoms with Gasteiger partial charge < -0.3 is 14.2 Å². The summed E-state index contributed by atoms with van der Waals surface area (Å²) in [7, 11) is 0. The van der Waals surface area contributed by atoms with Crippen LogP contribution in [0.25, 0.3) is 0 Å². The van der Waals surface area contributed by atoms with Crippen LogP contribution < -0.4 is 9.47 Å². The predicted octanol–water partition coefficient (Wildman–Crippen LogP) is 4.35. The van der Waals surface area contributed by atoms with Crippen LogP contribution in [-0.2, 0) is 11.3 Å². The molecular formula is C16H14Cl2O3. The summed E-state index contributed by atoms with van der Waals surface area (Å²) in [6.07, 6.45) is 0.141. The molecule has 2 aromatic carbocycles. The number of hydrogen-bond donors (Lipinski definition) is 0. The van der Waals surface area contributed by atoms with E-state index in [1.54, 1.807) is 12.1 Å². The van der Waals surface area contributed by atoms with Crippen LogP contribution in [-0.4, -0.2) is 19.3 Å². The molecule has 1 unspecified atom stereocenters. The lowest BCUT2D eigenvalue weighted by Gasteiger charge is -2.14. The predicted molar refractivity (Wildman–Crippen MR) is 82.5 cm³/mol. The van der Waals surface area contributed by atoms with Crippen molar-refractivity contribution >= 4 is 23.2 Å². The van der Waals surface area contributed by atoms with Gasteiger partial charge in [-0.15, -0.1) is 0 Å². The smallest absolute Gasteiger partial charge is 0.181 e. The van der Waals surface area contributed by atoms with Crippen molar-refractivity contribution in [2.45, 2.75) is 12.7 Å². The second-order valence-corrected chi connectivity index (χ2v) is 5.51. The fourth-order valence-corrected chi connectivity index (χ4v) is 2.20. The van der Waals surface area contributed by atoms with Gasteiger partial charge in [-0.1, -0.05) is 53.5 Å². The van der Waals surface area contributed by atoms with E-state index in [-0.39, 0.29) is 6.10 Å². The molecule has 0 amide bonds. The molecule has 3 nitrogen and oxygen atoms in total. The summed E-state index contributed by atoms with van der Waals surface area (Å²) >= 11 is 12.2. The standard InChI is InChI=1S/C16H14Cl2O3/c17-13-6-7-14(20-8-11-4-2-1-3-5-11)16(15(13)18)21-10-12-9-19-12/h1-7,12H,8-10H2. The second kappa shape index (κ2) is 6.56. The van der Waals surface area contributed by atoms with Crippen molar-refractivity contribution < 1.29 is 14.2 Å². The van der Waals surface area contributed by atoms with Gasteiger partial charge in [0.05, 0.1) is 11.6 Å². The summed E-state index contributed by atoms with van der Waals surface area (Å²) in [6.45, 7) is 1.61. The molecule has 1 aliphatic heterocycles. The highest BCUT2D eigenvalue weighted by Gasteiger charge is 2.25. The first-order valence-corrected chi connectivity index (χ1v) is 7.39. The summed E-state index contributed by atoms with van der Waals surface area (Å²) < 4.78 is 16.6. The summed E-state index contributed by atoms with van der Waals surface area (Å²) in [5, 5.41) is 0.804. The molecule has 2 aromatic rings. The fraction of sp³-hybridized carbons (Fsp3) is 0.250. The van der Waals surface area contributed by atoms with Crippen LogP contribution in [0, 0.1) is 0 Å². The molecule has 0 spiro atoms. The zero-order valence-electron chi connectivity index (χ0n) is 11.2. The molecule has 0 saturated carbocycles. The molecule has 0 radical (unpaired) electrons. The molecular weight excluding hydrogens is 311 g/mol. The highest BCUT2D eigenvalue weighted by molar-refractivity contribution is 6.43. The number of ether oxygens (including phenoxy) is 3. The van der Waals surface area contributed by atoms with Crippen molar-refractivity contribution in [1.82, 2.24) is 0 Å². The number of benzene rings is 2. The molecule has 110 valence electrons. The van der Waals surface area contributed by atoms with Crippen molar-refractivity contribution in [3.05, 3.63) is 58.1 Å². The average Bonchev–Trinajstić information content (AvgIpc) is 3.33. The third-order valence-corrected chi connectivity index (χ3v) is 3.85. The maximum Gasteiger partial charge on any atom is 0.181 e. The topological polar surface area (TPSA) is 31.0 Å². The van der Waals surface area contributed by atoms with E-state index in [9.17, 15) is 0 Å². The largest absolute Gasteiger partial charge is 0.485 e. The Morgan fingerprint density at radius 2 is 1.81 bits per heavy atom. The quantitative estimate of drug-likeness (QED) is 0.740. The van der Waals surface area contributed by atoms with E-state index in [1.165, 1.54) is 0 Å². The van der Waals surface area contributed by atoms with E-state index in [2.05, 4.69) is 0 Å². The van der Waals surface area contributed by atoms with Crippen LogP contribution in [0.15, 0.2) is 42.5 Å². The van der Waals surface area contributed by atoms with Gasteiger partial charge in [0.25, 0.3) is 0 Å². The Kier molecular flexibility index (Phi) is 4.54. The molecule has 1 aliphatic rings. The van der Waals surface area contributed by atoms with Gasteiger partial charge in [-0.3, -0.25) is 0 Å². The summed E-state index contributed by atoms with van der Waals surface area (Å²) in [5.74, 6) is 1.05. The molecule has 5 heteroatoms. The molecule has 1 saturated heterocycles. The van der Waals surface area contributed by atoms with Gasteiger partial charge in [0, 0.05) is 0 Å². The van der Waals surface area contributed by atoms with E-state index in [0.29, 0.717) is 34.8 Å². The van der Waals surface area contributed by atoms with Crippen LogP contribution in [0.4, 0.5) is 0 Å². The normalized spacial score (nSPS) is 16.6. The van der Waals surface area contributed by atoms with E-state index in [0.717, 1.165) is 12.2 Å². The number of hydrogen-bond acceptors (Lipinski definition) is 3. The van der Waals surface area contributed by atoms with Gasteiger partial charge in [0.15, 0.2) is 11.5 Å². The monoisotopic (exact) mass is 324 g/mol. The van der Waals surface area contributed by atoms with Gasteiger partial charge in [-0.05, 0) is 17.7 Å². The Balaban J connectivity index is 1.74. The minimum Gasteiger partial charge on any atom is -0.485 e. The highest BCUT2D eigenvalue weighted by Crippen LogP contribution is 2.40. The molecule has 1 heterocycles. The van der Waals surface area contributed by atoms with Gasteiger partial charge in [0.1, 0.15) is 24.3 Å². The zero-order valence-corrected chi connectivity index (χ0v) is 12.7. The minimum atomic E-state index is 0.141. The summed E-state index contributed by atoms with van der Waals surface area (Å²) in [6, 6.07) is 13.4. The van der Waals surface area contributed by atoms with Crippen molar-refractivity contribution in [3.63, 3.8) is 0 Å². The molecule has 0 aromatic heterocycles. The van der Waals surface area contributed by atoms with Gasteiger partial charge >= 0.3 is 0 Å². The number of epoxide rings is 1. The van der Waals surface area contributed by atoms with Crippen molar-refractivity contribution in [2.24, 2.45) is 0 Å². The van der Waals surface area contributed by atoms with Crippen molar-refractivity contribution in [2.75, 3.05) is 13.2 Å². The summed E-state index contributed by atoms with van der Waals surface area (Å²) in [4.78, 5) is 0. The maximum atomic E-state index is 6.21. The lowest BCUT2D eigenvalue weighted by atomic mass is 10.2. The van der Waals surface area contributed by atoms with Crippen molar-refractivity contribution in [3.8, 4) is 11.5 Å². The van der Waals surface area contributed by atoms with Crippen LogP contribution in [0.3, 0.4) is 0 Å². The zero-order chi connectivity index (χ0) is 14.7. The average molecular weight is 325 g/mol. The third-order valence-electron chi connectivity index (χ3n) is 3.07. The van der Waals surface area contributed by atoms with E-state index in [4.69, 9.17) is 37.4 Å². The molecule has 0 aliphatic carbocycles. The lowest BCUT2D eigenvalue weighted by Crippen LogP contribution is -2.06. The molecule has 0 N–H and O–H groups in total. The third kappa shape index (κ3) is 3.82. The highest BCUT2D eigenvalue weighted by atomic mass is 35.5. The second-order valence-electron chi connectivity index (χ2n) is 4.73. The van der Waals surface area contributed by atoms with Crippen LogP contribution >= 0.6 is 23.2 Å². The van der Waals surface area contributed by atoms with Gasteiger partial charge in [-0.25, -0.2) is 0 Å². The van der Waals surface area contributed by atoms with Crippen molar-refractivity contribution in [1.29, 1.82) is 0 Å². The molecule has 0 bridgehead atoms. The first-order chi connectivity index (χ1) is 10.2. The Morgan fingerprint density at radius 3 is 2.52 bits per heavy atom. The van der Waals surface area contributed by atoms with Gasteiger partial charge in [-0.2, -0.15) is 0 Å². The first kappa shape index (κ1) is 14.5. The van der Waals surface area contributed by atoms with E-state index < -0.39 is 0 Å². The fourth-order valence-electron chi connectivity index (χ4n) is 1.84. The van der Waals surface area contributed by atoms with Crippen LogP contribution in [0.2, 0.25) is 10.0 Å². The van der Waals surface area contributed by atoms with E-state index in [1.807, 2.05) is 30.3 Å². The molecule has 1 atom stereocenters. The number of rotatable bonds is 6. The minimum absolute atomic E-state index is 0.141. The van der Waals surface area contributed by atoms with Crippen LogP contribution in [0.5, 0.6) is 11.5 Å². The summed E-state index contributed by atoms with van der Waals surface area (Å²) in [5.41, 5.74) is 1.07. The van der Waals surface area contributed by atoms with Gasteiger partial charge in [0.2, 0.25) is 0 Å². The van der Waals surface area contributed by atoms with Crippen LogP contribution in [0.1, 0.15) is 5.56 Å². The molecule has 1 fully saturated rings. The van der Waals surface area contributed by atoms with E-state index >= 15 is 0 Å². The Hall–Kier alpha value is -1.42. The maximum absolute atomic E-state index is 6.21. The molecule has 3 rings (SSSR count). The Morgan fingerprint density at radius 1 is 1.05 bits per heavy atom. The Labute approximate surface area is 133 Å². The molecule has 21 heavy (non-hydrogen) atoms. The first-order valence-electron chi connectivity index (χ1n) is 6.63. The Bertz CT molecular complexity index is 612. The SMILES string of the molecule is Clc1ccc(OCc2ccccc2)c(OCC2CO2)c1Cl. The lowest BCUT2D eigenvalue weighted by molar-refractivity contribution is 0.238.